The molecule has 0 bridgehead atoms. The molecule has 5 nitrogen and oxygen atoms in total. The van der Waals surface area contributed by atoms with Crippen molar-refractivity contribution in [2.24, 2.45) is 0 Å². The van der Waals surface area contributed by atoms with Crippen molar-refractivity contribution in [3.63, 3.8) is 0 Å². The van der Waals surface area contributed by atoms with Gasteiger partial charge in [-0.15, -0.1) is 0 Å². The first kappa shape index (κ1) is 44.6. The zero-order chi connectivity index (χ0) is 39.8. The fraction of sp³-hybridized carbons (Fsp3) is 0.404. The van der Waals surface area contributed by atoms with Crippen LogP contribution in [0.25, 0.3) is 0 Å². The van der Waals surface area contributed by atoms with Crippen LogP contribution >= 0.6 is 17.8 Å². The minimum atomic E-state index is 0.0208. The number of hydrogen-bond donors (Lipinski definition) is 2. The van der Waals surface area contributed by atoms with Crippen LogP contribution in [-0.4, -0.2) is 8.68 Å². The Hall–Kier alpha value is -3.78. The van der Waals surface area contributed by atoms with E-state index in [1.165, 1.54) is 71.9 Å². The van der Waals surface area contributed by atoms with Crippen molar-refractivity contribution in [2.45, 2.75) is 124 Å². The Kier molecular flexibility index (Phi) is 17.6. The molecule has 0 spiro atoms. The van der Waals surface area contributed by atoms with E-state index >= 15 is 0 Å². The Labute approximate surface area is 332 Å². The molecule has 4 aromatic rings. The molecule has 0 amide bonds. The van der Waals surface area contributed by atoms with E-state index in [9.17, 15) is 0 Å². The highest BCUT2D eigenvalue weighted by Crippen LogP contribution is 2.56. The molecular formula is C47H68N4OP2. The molecule has 292 valence electrons. The maximum atomic E-state index is 6.79. The van der Waals surface area contributed by atoms with E-state index in [1.807, 2.05) is 73.6 Å². The molecule has 0 radical (unpaired) electrons. The second-order valence-electron chi connectivity index (χ2n) is 16.1. The molecule has 0 saturated heterocycles. The van der Waals surface area contributed by atoms with Crippen LogP contribution in [0.4, 0.5) is 0 Å². The van der Waals surface area contributed by atoms with Gasteiger partial charge in [-0.3, -0.25) is 0 Å². The van der Waals surface area contributed by atoms with Gasteiger partial charge in [-0.2, -0.15) is 0 Å². The smallest absolute Gasteiger partial charge is 0.134 e. The molecule has 7 heteroatoms. The quantitative estimate of drug-likeness (QED) is 0.0992. The summed E-state index contributed by atoms with van der Waals surface area (Å²) >= 11 is 0. The minimum Gasteiger partial charge on any atom is -0.456 e. The van der Waals surface area contributed by atoms with Crippen molar-refractivity contribution in [2.75, 3.05) is 0 Å². The van der Waals surface area contributed by atoms with E-state index in [2.05, 4.69) is 126 Å². The number of aryl methyl sites for hydroxylation is 2. The van der Waals surface area contributed by atoms with Crippen LogP contribution in [0.5, 0.6) is 11.5 Å². The Morgan fingerprint density at radius 3 is 1.33 bits per heavy atom. The third-order valence-electron chi connectivity index (χ3n) is 9.66. The van der Waals surface area contributed by atoms with Gasteiger partial charge < -0.3 is 23.6 Å². The molecular weight excluding hydrogens is 698 g/mol. The van der Waals surface area contributed by atoms with Crippen molar-refractivity contribution in [1.29, 1.82) is 0 Å². The topological polar surface area (TPSA) is 43.2 Å². The first-order valence-corrected chi connectivity index (χ1v) is 21.4. The average Bonchev–Trinajstić information content (AvgIpc) is 3.85. The highest BCUT2D eigenvalue weighted by molar-refractivity contribution is 7.34. The molecule has 2 unspecified atom stereocenters. The largest absolute Gasteiger partial charge is 0.456 e. The number of unbranched alkanes of at least 4 members (excludes halogenated alkanes) is 2. The lowest BCUT2D eigenvalue weighted by Gasteiger charge is -2.43. The lowest BCUT2D eigenvalue weighted by Crippen LogP contribution is -2.33. The maximum absolute atomic E-state index is 6.79. The number of benzene rings is 2. The second kappa shape index (κ2) is 21.3. The Balaban J connectivity index is 0.000000288. The molecule has 2 aromatic carbocycles. The number of ether oxygens (including phenoxy) is 1. The van der Waals surface area contributed by atoms with E-state index in [1.54, 1.807) is 12.2 Å². The summed E-state index contributed by atoms with van der Waals surface area (Å²) in [5.41, 5.74) is 8.50. The SMILES string of the molecule is C=C/C=C\NPn1cccc1.C=C/C=C\NPn1cccc1.CCCCC1(CCCC)c2cc(C(C)(C)C)cc(C)c2Oc2c(C)cc(C(C)(C)C)cc21. The number of nitrogens with zero attached hydrogens (tertiary/aromatic N) is 2. The molecule has 2 N–H and O–H groups in total. The van der Waals surface area contributed by atoms with E-state index in [0.717, 1.165) is 11.5 Å². The van der Waals surface area contributed by atoms with Gasteiger partial charge in [0.1, 0.15) is 11.5 Å². The molecule has 5 rings (SSSR count). The lowest BCUT2D eigenvalue weighted by atomic mass is 9.64. The Morgan fingerprint density at radius 1 is 0.648 bits per heavy atom. The van der Waals surface area contributed by atoms with E-state index in [4.69, 9.17) is 4.74 Å². The highest BCUT2D eigenvalue weighted by atomic mass is 31.1. The first-order valence-electron chi connectivity index (χ1n) is 19.5. The fourth-order valence-electron chi connectivity index (χ4n) is 6.54. The van der Waals surface area contributed by atoms with Crippen molar-refractivity contribution < 1.29 is 4.74 Å². The van der Waals surface area contributed by atoms with Crippen LogP contribution in [0.2, 0.25) is 0 Å². The highest BCUT2D eigenvalue weighted by Gasteiger charge is 2.43. The summed E-state index contributed by atoms with van der Waals surface area (Å²) in [6.45, 7) is 30.2. The second-order valence-corrected chi connectivity index (χ2v) is 18.2. The van der Waals surface area contributed by atoms with Gasteiger partial charge in [0, 0.05) is 53.7 Å². The van der Waals surface area contributed by atoms with E-state index < -0.39 is 0 Å². The zero-order valence-corrected chi connectivity index (χ0v) is 36.9. The molecule has 1 aliphatic heterocycles. The van der Waals surface area contributed by atoms with Crippen molar-refractivity contribution >= 4 is 17.8 Å². The van der Waals surface area contributed by atoms with E-state index in [-0.39, 0.29) is 16.2 Å². The van der Waals surface area contributed by atoms with Crippen LogP contribution in [0, 0.1) is 13.8 Å². The number of allylic oxidation sites excluding steroid dienone is 4. The molecule has 0 fully saturated rings. The standard InChI is InChI=1S/C31H46O.2C8H11N2P/c1-11-13-15-31(16-14-12-2)25-19-23(29(5,6)7)17-21(3)27(25)32-28-22(4)18-24(20-26(28)31)30(8,9)10;2*1-2-3-6-9-11-10-7-4-5-8-10/h17-20H,11-16H2,1-10H3;2*2-9,11H,1H2/b;2*6-3-. The summed E-state index contributed by atoms with van der Waals surface area (Å²) in [5, 5.41) is 6.26. The molecule has 0 saturated carbocycles. The minimum absolute atomic E-state index is 0.0208. The Bertz CT molecular complexity index is 1660. The molecule has 54 heavy (non-hydrogen) atoms. The van der Waals surface area contributed by atoms with Gasteiger partial charge in [0.15, 0.2) is 0 Å². The Morgan fingerprint density at radius 2 is 1.02 bits per heavy atom. The van der Waals surface area contributed by atoms with Crippen LogP contribution in [0.3, 0.4) is 0 Å². The molecule has 0 aliphatic carbocycles. The van der Waals surface area contributed by atoms with Crippen molar-refractivity contribution in [3.8, 4) is 11.5 Å². The summed E-state index contributed by atoms with van der Waals surface area (Å²) in [6.07, 6.45) is 26.4. The number of aromatic nitrogens is 2. The van der Waals surface area contributed by atoms with Gasteiger partial charge in [0.2, 0.25) is 0 Å². The predicted octanol–water partition coefficient (Wildman–Crippen LogP) is 13.9. The summed E-state index contributed by atoms with van der Waals surface area (Å²) in [6, 6.07) is 17.7. The van der Waals surface area contributed by atoms with Crippen LogP contribution in [0.1, 0.15) is 127 Å². The van der Waals surface area contributed by atoms with Crippen LogP contribution in [-0.2, 0) is 16.2 Å². The van der Waals surface area contributed by atoms with Gasteiger partial charge in [-0.1, -0.05) is 131 Å². The summed E-state index contributed by atoms with van der Waals surface area (Å²) < 4.78 is 10.9. The normalized spacial score (nSPS) is 13.6. The predicted molar refractivity (Wildman–Crippen MR) is 241 cm³/mol. The molecule has 1 aliphatic rings. The van der Waals surface area contributed by atoms with E-state index in [0.29, 0.717) is 17.8 Å². The summed E-state index contributed by atoms with van der Waals surface area (Å²) in [5.74, 6) is 2.23. The van der Waals surface area contributed by atoms with Crippen molar-refractivity contribution in [3.05, 3.63) is 157 Å². The van der Waals surface area contributed by atoms with Gasteiger partial charge in [-0.25, -0.2) is 0 Å². The first-order chi connectivity index (χ1) is 25.7. The molecule has 3 heterocycles. The average molecular weight is 767 g/mol. The van der Waals surface area contributed by atoms with Gasteiger partial charge in [-0.05, 0) is 96.2 Å². The number of rotatable bonds is 14. The maximum Gasteiger partial charge on any atom is 0.134 e. The van der Waals surface area contributed by atoms with Crippen molar-refractivity contribution in [1.82, 2.24) is 18.8 Å². The summed E-state index contributed by atoms with van der Waals surface area (Å²) in [7, 11) is 1.14. The van der Waals surface area contributed by atoms with Crippen LogP contribution in [0.15, 0.2) is 123 Å². The monoisotopic (exact) mass is 766 g/mol. The number of fused-ring (bicyclic) bond motifs is 2. The van der Waals surface area contributed by atoms with Crippen LogP contribution < -0.4 is 14.9 Å². The zero-order valence-electron chi connectivity index (χ0n) is 34.9. The fourth-order valence-corrected chi connectivity index (χ4v) is 7.82. The third kappa shape index (κ3) is 12.6. The summed E-state index contributed by atoms with van der Waals surface area (Å²) in [4.78, 5) is 0. The molecule has 2 aromatic heterocycles. The number of hydrogen-bond acceptors (Lipinski definition) is 3. The van der Waals surface area contributed by atoms with Gasteiger partial charge >= 0.3 is 0 Å². The molecule has 2 atom stereocenters. The van der Waals surface area contributed by atoms with Gasteiger partial charge in [0.05, 0.1) is 17.8 Å². The van der Waals surface area contributed by atoms with Gasteiger partial charge in [0.25, 0.3) is 0 Å². The lowest BCUT2D eigenvalue weighted by molar-refractivity contribution is 0.338. The number of nitrogens with one attached hydrogen (secondary N) is 2. The third-order valence-corrected chi connectivity index (χ3v) is 11.4.